The van der Waals surface area contributed by atoms with E-state index in [1.807, 2.05) is 0 Å². The molecule has 0 bridgehead atoms. The van der Waals surface area contributed by atoms with E-state index < -0.39 is 0 Å². The summed E-state index contributed by atoms with van der Waals surface area (Å²) in [5.74, 6) is 2.28. The Bertz CT molecular complexity index is 161. The first-order valence-electron chi connectivity index (χ1n) is 6.66. The number of rotatable bonds is 6. The molecule has 0 radical (unpaired) electrons. The lowest BCUT2D eigenvalue weighted by Gasteiger charge is -2.36. The van der Waals surface area contributed by atoms with Crippen LogP contribution < -0.4 is 5.32 Å². The van der Waals surface area contributed by atoms with Crippen LogP contribution in [0.2, 0.25) is 0 Å². The topological polar surface area (TPSA) is 12.0 Å². The van der Waals surface area contributed by atoms with Gasteiger partial charge in [-0.1, -0.05) is 33.6 Å². The van der Waals surface area contributed by atoms with Crippen LogP contribution >= 0.6 is 11.8 Å². The van der Waals surface area contributed by atoms with E-state index in [0.717, 1.165) is 23.8 Å². The van der Waals surface area contributed by atoms with Gasteiger partial charge in [-0.15, -0.1) is 0 Å². The van der Waals surface area contributed by atoms with Crippen LogP contribution in [0.1, 0.15) is 52.9 Å². The summed E-state index contributed by atoms with van der Waals surface area (Å²) < 4.78 is 0. The van der Waals surface area contributed by atoms with Crippen LogP contribution in [0.3, 0.4) is 0 Å². The van der Waals surface area contributed by atoms with Gasteiger partial charge in [0.25, 0.3) is 0 Å². The quantitative estimate of drug-likeness (QED) is 0.745. The summed E-state index contributed by atoms with van der Waals surface area (Å²) >= 11 is 2.17. The molecule has 0 spiro atoms. The predicted molar refractivity (Wildman–Crippen MR) is 71.6 cm³/mol. The average Bonchev–Trinajstić information content (AvgIpc) is 2.23. The molecule has 3 unspecified atom stereocenters. The van der Waals surface area contributed by atoms with Gasteiger partial charge in [0, 0.05) is 11.3 Å². The zero-order chi connectivity index (χ0) is 11.1. The first-order valence-corrected chi connectivity index (χ1v) is 7.71. The van der Waals surface area contributed by atoms with Crippen LogP contribution in [0.4, 0.5) is 0 Å². The van der Waals surface area contributed by atoms with Crippen LogP contribution in [-0.2, 0) is 0 Å². The Morgan fingerprint density at radius 3 is 2.60 bits per heavy atom. The van der Waals surface area contributed by atoms with E-state index >= 15 is 0 Å². The maximum Gasteiger partial charge on any atom is 0.0203 e. The van der Waals surface area contributed by atoms with E-state index in [2.05, 4.69) is 37.8 Å². The lowest BCUT2D eigenvalue weighted by atomic mass is 9.83. The first-order chi connectivity index (χ1) is 7.31. The van der Waals surface area contributed by atoms with Crippen LogP contribution in [0.5, 0.6) is 0 Å². The van der Waals surface area contributed by atoms with Crippen molar-refractivity contribution in [1.82, 2.24) is 5.32 Å². The van der Waals surface area contributed by atoms with Crippen molar-refractivity contribution in [1.29, 1.82) is 0 Å². The normalized spacial score (nSPS) is 31.8. The third kappa shape index (κ3) is 4.36. The minimum atomic E-state index is 0.785. The van der Waals surface area contributed by atoms with Gasteiger partial charge in [-0.2, -0.15) is 11.8 Å². The Kier molecular flexibility index (Phi) is 6.74. The molecule has 0 aromatic rings. The number of hydrogen-bond donors (Lipinski definition) is 1. The molecule has 1 fully saturated rings. The fourth-order valence-electron chi connectivity index (χ4n) is 2.78. The Balaban J connectivity index is 2.41. The highest BCUT2D eigenvalue weighted by Gasteiger charge is 2.29. The molecule has 1 nitrogen and oxygen atoms in total. The molecule has 0 amide bonds. The van der Waals surface area contributed by atoms with Gasteiger partial charge in [-0.05, 0) is 37.5 Å². The highest BCUT2D eigenvalue weighted by Crippen LogP contribution is 2.34. The lowest BCUT2D eigenvalue weighted by Crippen LogP contribution is -2.42. The number of hydrogen-bond acceptors (Lipinski definition) is 2. The van der Waals surface area contributed by atoms with Gasteiger partial charge in [0.2, 0.25) is 0 Å². The minimum absolute atomic E-state index is 0.785. The Hall–Kier alpha value is 0.310. The Morgan fingerprint density at radius 2 is 2.00 bits per heavy atom. The van der Waals surface area contributed by atoms with Gasteiger partial charge >= 0.3 is 0 Å². The summed E-state index contributed by atoms with van der Waals surface area (Å²) in [5.41, 5.74) is 0. The molecule has 90 valence electrons. The van der Waals surface area contributed by atoms with Crippen molar-refractivity contribution in [2.45, 2.75) is 64.2 Å². The fraction of sp³-hybridized carbons (Fsp3) is 1.00. The Labute approximate surface area is 99.8 Å². The van der Waals surface area contributed by atoms with E-state index in [1.54, 1.807) is 0 Å². The van der Waals surface area contributed by atoms with Gasteiger partial charge in [0.05, 0.1) is 0 Å². The van der Waals surface area contributed by atoms with Crippen molar-refractivity contribution >= 4 is 11.8 Å². The molecule has 0 saturated heterocycles. The van der Waals surface area contributed by atoms with Crippen LogP contribution in [-0.4, -0.2) is 23.6 Å². The van der Waals surface area contributed by atoms with Crippen LogP contribution in [0.25, 0.3) is 0 Å². The van der Waals surface area contributed by atoms with Crippen molar-refractivity contribution < 1.29 is 0 Å². The standard InChI is InChI=1S/C13H27NS/c1-4-7-11-8-9-12(14-5-2)13(10-11)15-6-3/h11-14H,4-10H2,1-3H3. The monoisotopic (exact) mass is 229 g/mol. The number of thioether (sulfide) groups is 1. The molecule has 15 heavy (non-hydrogen) atoms. The summed E-state index contributed by atoms with van der Waals surface area (Å²) in [4.78, 5) is 0. The molecule has 3 atom stereocenters. The third-order valence-corrected chi connectivity index (χ3v) is 4.73. The molecule has 1 rings (SSSR count). The Morgan fingerprint density at radius 1 is 1.20 bits per heavy atom. The summed E-state index contributed by atoms with van der Waals surface area (Å²) in [5, 5.41) is 4.54. The van der Waals surface area contributed by atoms with Crippen molar-refractivity contribution in [3.63, 3.8) is 0 Å². The third-order valence-electron chi connectivity index (χ3n) is 3.44. The fourth-order valence-corrected chi connectivity index (χ4v) is 4.08. The summed E-state index contributed by atoms with van der Waals surface area (Å²) in [6.07, 6.45) is 7.10. The van der Waals surface area contributed by atoms with Gasteiger partial charge in [0.1, 0.15) is 0 Å². The molecule has 2 heteroatoms. The second kappa shape index (κ2) is 7.56. The molecule has 1 aliphatic rings. The van der Waals surface area contributed by atoms with Crippen molar-refractivity contribution in [2.75, 3.05) is 12.3 Å². The van der Waals surface area contributed by atoms with Crippen molar-refractivity contribution in [2.24, 2.45) is 5.92 Å². The molecular formula is C13H27NS. The second-order valence-corrected chi connectivity index (χ2v) is 6.14. The first kappa shape index (κ1) is 13.4. The summed E-state index contributed by atoms with van der Waals surface area (Å²) in [6, 6.07) is 0.785. The molecule has 1 saturated carbocycles. The second-order valence-electron chi connectivity index (χ2n) is 4.63. The van der Waals surface area contributed by atoms with Gasteiger partial charge in [-0.25, -0.2) is 0 Å². The lowest BCUT2D eigenvalue weighted by molar-refractivity contribution is 0.289. The zero-order valence-electron chi connectivity index (χ0n) is 10.6. The minimum Gasteiger partial charge on any atom is -0.313 e. The van der Waals surface area contributed by atoms with Gasteiger partial charge in [0.15, 0.2) is 0 Å². The molecule has 1 N–H and O–H groups in total. The smallest absolute Gasteiger partial charge is 0.0203 e. The highest BCUT2D eigenvalue weighted by atomic mass is 32.2. The molecule has 0 aromatic heterocycles. The van der Waals surface area contributed by atoms with E-state index in [1.165, 1.54) is 37.9 Å². The summed E-state index contributed by atoms with van der Waals surface area (Å²) in [6.45, 7) is 7.96. The molecule has 1 aliphatic carbocycles. The van der Waals surface area contributed by atoms with Crippen LogP contribution in [0.15, 0.2) is 0 Å². The zero-order valence-corrected chi connectivity index (χ0v) is 11.4. The van der Waals surface area contributed by atoms with Crippen molar-refractivity contribution in [3.8, 4) is 0 Å². The maximum atomic E-state index is 3.66. The predicted octanol–water partition coefficient (Wildman–Crippen LogP) is 3.69. The van der Waals surface area contributed by atoms with E-state index in [-0.39, 0.29) is 0 Å². The number of nitrogens with one attached hydrogen (secondary N) is 1. The van der Waals surface area contributed by atoms with E-state index in [4.69, 9.17) is 0 Å². The van der Waals surface area contributed by atoms with Crippen LogP contribution in [0, 0.1) is 5.92 Å². The molecule has 0 heterocycles. The molecular weight excluding hydrogens is 202 g/mol. The van der Waals surface area contributed by atoms with Gasteiger partial charge < -0.3 is 5.32 Å². The van der Waals surface area contributed by atoms with E-state index in [9.17, 15) is 0 Å². The summed E-state index contributed by atoms with van der Waals surface area (Å²) in [7, 11) is 0. The largest absolute Gasteiger partial charge is 0.313 e. The maximum absolute atomic E-state index is 3.66. The highest BCUT2D eigenvalue weighted by molar-refractivity contribution is 7.99. The SMILES string of the molecule is CCCC1CCC(NCC)C(SCC)C1. The average molecular weight is 229 g/mol. The van der Waals surface area contributed by atoms with Crippen molar-refractivity contribution in [3.05, 3.63) is 0 Å². The van der Waals surface area contributed by atoms with E-state index in [0.29, 0.717) is 0 Å². The molecule has 0 aromatic carbocycles. The molecule has 0 aliphatic heterocycles. The van der Waals surface area contributed by atoms with Gasteiger partial charge in [-0.3, -0.25) is 0 Å².